The molecule has 0 fully saturated rings. The number of nitrogens with one attached hydrogen (secondary N) is 1. The number of unbranched alkanes of at least 4 members (excludes halogenated alkanes) is 19. The molecule has 0 aliphatic heterocycles. The molecule has 0 bridgehead atoms. The zero-order valence-electron chi connectivity index (χ0n) is 31.3. The van der Waals surface area contributed by atoms with E-state index in [-0.39, 0.29) is 19.1 Å². The van der Waals surface area contributed by atoms with E-state index in [2.05, 4.69) is 31.3 Å². The van der Waals surface area contributed by atoms with E-state index in [0.29, 0.717) is 17.4 Å². The van der Waals surface area contributed by atoms with Crippen LogP contribution in [0.5, 0.6) is 0 Å². The molecule has 3 atom stereocenters. The summed E-state index contributed by atoms with van der Waals surface area (Å²) in [5, 5.41) is 13.7. The van der Waals surface area contributed by atoms with Gasteiger partial charge in [0.1, 0.15) is 13.2 Å². The number of hydrogen-bond acceptors (Lipinski definition) is 5. The van der Waals surface area contributed by atoms with Gasteiger partial charge in [0.25, 0.3) is 0 Å². The molecule has 0 radical (unpaired) electrons. The second kappa shape index (κ2) is 31.0. The predicted molar refractivity (Wildman–Crippen MR) is 198 cm³/mol. The fourth-order valence-corrected chi connectivity index (χ4v) is 6.03. The Hall–Kier alpha value is -1.02. The van der Waals surface area contributed by atoms with Crippen molar-refractivity contribution in [3.8, 4) is 0 Å². The van der Waals surface area contributed by atoms with Gasteiger partial charge in [0.05, 0.1) is 39.9 Å². The van der Waals surface area contributed by atoms with Crippen molar-refractivity contribution in [1.29, 1.82) is 0 Å². The van der Waals surface area contributed by atoms with Crippen LogP contribution in [0.15, 0.2) is 24.3 Å². The number of rotatable bonds is 34. The molecule has 0 rings (SSSR count). The fourth-order valence-electron chi connectivity index (χ4n) is 5.29. The Morgan fingerprint density at radius 3 is 1.70 bits per heavy atom. The molecular formula is C38H76N2O6P+. The van der Waals surface area contributed by atoms with Crippen molar-refractivity contribution in [2.24, 2.45) is 0 Å². The number of allylic oxidation sites excluding steroid dienone is 3. The number of nitrogens with zero attached hydrogens (tertiary/aromatic N) is 1. The lowest BCUT2D eigenvalue weighted by Gasteiger charge is -2.25. The van der Waals surface area contributed by atoms with Gasteiger partial charge >= 0.3 is 7.82 Å². The van der Waals surface area contributed by atoms with Crippen LogP contribution in [-0.4, -0.2) is 73.4 Å². The highest BCUT2D eigenvalue weighted by Crippen LogP contribution is 2.43. The molecule has 0 aliphatic rings. The van der Waals surface area contributed by atoms with E-state index in [4.69, 9.17) is 9.05 Å². The Balaban J connectivity index is 4.45. The minimum Gasteiger partial charge on any atom is -0.387 e. The maximum Gasteiger partial charge on any atom is 0.472 e. The minimum absolute atomic E-state index is 0.0575. The van der Waals surface area contributed by atoms with Crippen LogP contribution >= 0.6 is 7.82 Å². The van der Waals surface area contributed by atoms with Crippen LogP contribution in [0, 0.1) is 0 Å². The quantitative estimate of drug-likeness (QED) is 0.0269. The Morgan fingerprint density at radius 2 is 1.17 bits per heavy atom. The SMILES string of the molecule is CCCCC/C=C/CC/C=C/[C@@H](O)[C@H](COP(=O)(O)OCC[N+](C)(C)C)NC(=O)CCCCCCCCCCCCCCCCCC. The van der Waals surface area contributed by atoms with Crippen LogP contribution < -0.4 is 5.32 Å². The van der Waals surface area contributed by atoms with E-state index in [9.17, 15) is 19.4 Å². The number of quaternary nitrogens is 1. The fraction of sp³-hybridized carbons (Fsp3) is 0.868. The van der Waals surface area contributed by atoms with Gasteiger partial charge in [0.15, 0.2) is 0 Å². The first-order chi connectivity index (χ1) is 22.5. The largest absolute Gasteiger partial charge is 0.472 e. The summed E-state index contributed by atoms with van der Waals surface area (Å²) in [4.78, 5) is 22.9. The third kappa shape index (κ3) is 33.3. The molecule has 0 aromatic carbocycles. The first-order valence-electron chi connectivity index (χ1n) is 19.2. The average Bonchev–Trinajstić information content (AvgIpc) is 3.01. The highest BCUT2D eigenvalue weighted by Gasteiger charge is 2.27. The van der Waals surface area contributed by atoms with Crippen LogP contribution in [-0.2, 0) is 18.4 Å². The van der Waals surface area contributed by atoms with Crippen molar-refractivity contribution in [2.75, 3.05) is 40.9 Å². The number of aliphatic hydroxyl groups is 1. The van der Waals surface area contributed by atoms with Gasteiger partial charge in [0, 0.05) is 6.42 Å². The molecule has 9 heteroatoms. The number of carbonyl (C=O) groups excluding carboxylic acids is 1. The molecular weight excluding hydrogens is 611 g/mol. The zero-order valence-corrected chi connectivity index (χ0v) is 32.2. The highest BCUT2D eigenvalue weighted by molar-refractivity contribution is 7.47. The Bertz CT molecular complexity index is 829. The van der Waals surface area contributed by atoms with E-state index < -0.39 is 20.0 Å². The summed E-state index contributed by atoms with van der Waals surface area (Å²) in [5.74, 6) is -0.190. The molecule has 8 nitrogen and oxygen atoms in total. The number of hydrogen-bond donors (Lipinski definition) is 3. The summed E-state index contributed by atoms with van der Waals surface area (Å²) in [5.41, 5.74) is 0. The molecule has 47 heavy (non-hydrogen) atoms. The average molecular weight is 688 g/mol. The second-order valence-corrected chi connectivity index (χ2v) is 15.8. The Kier molecular flexibility index (Phi) is 30.3. The summed E-state index contributed by atoms with van der Waals surface area (Å²) in [6.45, 7) is 4.73. The van der Waals surface area contributed by atoms with Gasteiger partial charge in [-0.15, -0.1) is 0 Å². The molecule has 3 N–H and O–H groups in total. The lowest BCUT2D eigenvalue weighted by molar-refractivity contribution is -0.870. The number of carbonyl (C=O) groups is 1. The molecule has 278 valence electrons. The van der Waals surface area contributed by atoms with E-state index in [0.717, 1.165) is 38.5 Å². The zero-order chi connectivity index (χ0) is 35.1. The first kappa shape index (κ1) is 46.0. The van der Waals surface area contributed by atoms with Gasteiger partial charge < -0.3 is 19.8 Å². The topological polar surface area (TPSA) is 105 Å². The smallest absolute Gasteiger partial charge is 0.387 e. The predicted octanol–water partition coefficient (Wildman–Crippen LogP) is 9.80. The van der Waals surface area contributed by atoms with Gasteiger partial charge in [-0.3, -0.25) is 13.8 Å². The lowest BCUT2D eigenvalue weighted by atomic mass is 10.0. The van der Waals surface area contributed by atoms with Crippen LogP contribution in [0.3, 0.4) is 0 Å². The number of likely N-dealkylation sites (N-methyl/N-ethyl adjacent to an activating group) is 1. The van der Waals surface area contributed by atoms with Gasteiger partial charge in [-0.1, -0.05) is 147 Å². The molecule has 0 heterocycles. The Labute approximate surface area is 290 Å². The van der Waals surface area contributed by atoms with Crippen LogP contribution in [0.2, 0.25) is 0 Å². The number of aliphatic hydroxyl groups excluding tert-OH is 1. The molecule has 0 aliphatic carbocycles. The minimum atomic E-state index is -4.33. The molecule has 0 spiro atoms. The third-order valence-corrected chi connectivity index (χ3v) is 9.41. The lowest BCUT2D eigenvalue weighted by Crippen LogP contribution is -2.45. The van der Waals surface area contributed by atoms with Crippen molar-refractivity contribution in [3.05, 3.63) is 24.3 Å². The summed E-state index contributed by atoms with van der Waals surface area (Å²) < 4.78 is 23.4. The molecule has 0 aromatic rings. The van der Waals surface area contributed by atoms with Crippen molar-refractivity contribution in [1.82, 2.24) is 5.32 Å². The van der Waals surface area contributed by atoms with Crippen molar-refractivity contribution in [2.45, 2.75) is 174 Å². The van der Waals surface area contributed by atoms with Gasteiger partial charge in [-0.25, -0.2) is 4.57 Å². The molecule has 0 saturated carbocycles. The van der Waals surface area contributed by atoms with Crippen LogP contribution in [0.4, 0.5) is 0 Å². The maximum atomic E-state index is 12.8. The normalized spacial score (nSPS) is 15.0. The monoisotopic (exact) mass is 688 g/mol. The van der Waals surface area contributed by atoms with Gasteiger partial charge in [0.2, 0.25) is 5.91 Å². The molecule has 0 saturated heterocycles. The van der Waals surface area contributed by atoms with Crippen molar-refractivity contribution < 1.29 is 32.9 Å². The van der Waals surface area contributed by atoms with E-state index in [1.807, 2.05) is 27.2 Å². The third-order valence-electron chi connectivity index (χ3n) is 8.42. The number of amides is 1. The Morgan fingerprint density at radius 1 is 0.702 bits per heavy atom. The van der Waals surface area contributed by atoms with Gasteiger partial charge in [-0.05, 0) is 32.1 Å². The number of phosphoric acid groups is 1. The first-order valence-corrected chi connectivity index (χ1v) is 20.7. The van der Waals surface area contributed by atoms with Gasteiger partial charge in [-0.2, -0.15) is 0 Å². The summed E-state index contributed by atoms with van der Waals surface area (Å²) in [7, 11) is 1.55. The highest BCUT2D eigenvalue weighted by atomic mass is 31.2. The van der Waals surface area contributed by atoms with Crippen LogP contribution in [0.1, 0.15) is 162 Å². The maximum absolute atomic E-state index is 12.8. The van der Waals surface area contributed by atoms with Crippen molar-refractivity contribution >= 4 is 13.7 Å². The van der Waals surface area contributed by atoms with Crippen molar-refractivity contribution in [3.63, 3.8) is 0 Å². The van der Waals surface area contributed by atoms with E-state index >= 15 is 0 Å². The van der Waals surface area contributed by atoms with Crippen LogP contribution in [0.25, 0.3) is 0 Å². The summed E-state index contributed by atoms with van der Waals surface area (Å²) in [6, 6.07) is -0.855. The second-order valence-electron chi connectivity index (χ2n) is 14.3. The molecule has 1 unspecified atom stereocenters. The molecule has 0 aromatic heterocycles. The number of phosphoric ester groups is 1. The summed E-state index contributed by atoms with van der Waals surface area (Å²) in [6.07, 6.45) is 33.9. The van der Waals surface area contributed by atoms with E-state index in [1.165, 1.54) is 103 Å². The molecule has 1 amide bonds. The summed E-state index contributed by atoms with van der Waals surface area (Å²) >= 11 is 0. The standard InChI is InChI=1S/C38H75N2O6P/c1-6-8-10-12-14-16-17-18-19-20-21-22-24-26-28-30-32-38(42)39-36(35-46-47(43,44)45-34-33-40(3,4)5)37(41)31-29-27-25-23-15-13-11-9-7-2/h15,23,29,31,36-37,41H,6-14,16-22,24-28,30,32-35H2,1-5H3,(H-,39,42,43,44)/p+1/b23-15+,31-29+/t36-,37+/m0/s1. The van der Waals surface area contributed by atoms with E-state index in [1.54, 1.807) is 6.08 Å².